The molecule has 1 aliphatic rings. The van der Waals surface area contributed by atoms with Crippen LogP contribution in [0.5, 0.6) is 0 Å². The fraction of sp³-hybridized carbons (Fsp3) is 0.200. The number of allylic oxidation sites excluding steroid dienone is 1. The highest BCUT2D eigenvalue weighted by molar-refractivity contribution is 6.07. The van der Waals surface area contributed by atoms with Crippen molar-refractivity contribution in [1.29, 1.82) is 0 Å². The minimum atomic E-state index is -4.42. The fourth-order valence-electron chi connectivity index (χ4n) is 2.81. The Morgan fingerprint density at radius 2 is 1.81 bits per heavy atom. The van der Waals surface area contributed by atoms with Gasteiger partial charge in [0.25, 0.3) is 0 Å². The lowest BCUT2D eigenvalue weighted by atomic mass is 10.1. The average molecular weight is 359 g/mol. The van der Waals surface area contributed by atoms with E-state index in [0.29, 0.717) is 24.1 Å². The number of alkyl halides is 3. The summed E-state index contributed by atoms with van der Waals surface area (Å²) in [5, 5.41) is 0. The van der Waals surface area contributed by atoms with Crippen molar-refractivity contribution in [3.8, 4) is 0 Å². The maximum Gasteiger partial charge on any atom is 0.416 e. The quantitative estimate of drug-likeness (QED) is 0.585. The van der Waals surface area contributed by atoms with E-state index < -0.39 is 11.7 Å². The molecule has 0 atom stereocenters. The van der Waals surface area contributed by atoms with E-state index in [1.165, 1.54) is 24.3 Å². The lowest BCUT2D eigenvalue weighted by Gasteiger charge is -2.15. The SMILES string of the molecule is O=C(/C=C/c1cccc(C(F)(F)F)c1)c1ccc(N2CCCC2=O)cc1. The normalized spacial score (nSPS) is 15.0. The van der Waals surface area contributed by atoms with Crippen molar-refractivity contribution in [2.75, 3.05) is 11.4 Å². The maximum absolute atomic E-state index is 12.7. The van der Waals surface area contributed by atoms with E-state index in [9.17, 15) is 22.8 Å². The number of carbonyl (C=O) groups is 2. The van der Waals surface area contributed by atoms with Crippen LogP contribution >= 0.6 is 0 Å². The van der Waals surface area contributed by atoms with Crippen LogP contribution in [0.1, 0.15) is 34.3 Å². The summed E-state index contributed by atoms with van der Waals surface area (Å²) < 4.78 is 38.1. The molecule has 3 nitrogen and oxygen atoms in total. The molecule has 0 N–H and O–H groups in total. The van der Waals surface area contributed by atoms with Crippen LogP contribution in [0.4, 0.5) is 18.9 Å². The van der Waals surface area contributed by atoms with Crippen LogP contribution in [0, 0.1) is 0 Å². The zero-order valence-electron chi connectivity index (χ0n) is 13.8. The first-order valence-electron chi connectivity index (χ1n) is 8.15. The molecule has 1 fully saturated rings. The monoisotopic (exact) mass is 359 g/mol. The molecule has 0 spiro atoms. The second-order valence-electron chi connectivity index (χ2n) is 6.02. The summed E-state index contributed by atoms with van der Waals surface area (Å²) in [6.07, 6.45) is -0.475. The lowest BCUT2D eigenvalue weighted by molar-refractivity contribution is -0.137. The smallest absolute Gasteiger partial charge is 0.312 e. The maximum atomic E-state index is 12.7. The lowest BCUT2D eigenvalue weighted by Crippen LogP contribution is -2.23. The van der Waals surface area contributed by atoms with Gasteiger partial charge >= 0.3 is 6.18 Å². The van der Waals surface area contributed by atoms with Crippen molar-refractivity contribution >= 4 is 23.5 Å². The van der Waals surface area contributed by atoms with Gasteiger partial charge in [0.1, 0.15) is 0 Å². The van der Waals surface area contributed by atoms with Crippen LogP contribution in [-0.4, -0.2) is 18.2 Å². The Labute approximate surface area is 148 Å². The summed E-state index contributed by atoms with van der Waals surface area (Å²) in [6.45, 7) is 0.668. The van der Waals surface area contributed by atoms with E-state index in [4.69, 9.17) is 0 Å². The Kier molecular flexibility index (Phi) is 4.93. The Morgan fingerprint density at radius 1 is 1.08 bits per heavy atom. The molecule has 1 heterocycles. The van der Waals surface area contributed by atoms with Crippen molar-refractivity contribution in [2.45, 2.75) is 19.0 Å². The van der Waals surface area contributed by atoms with E-state index in [-0.39, 0.29) is 11.7 Å². The molecule has 0 bridgehead atoms. The first-order chi connectivity index (χ1) is 12.3. The number of hydrogen-bond donors (Lipinski definition) is 0. The second kappa shape index (κ2) is 7.15. The molecule has 6 heteroatoms. The number of amides is 1. The van der Waals surface area contributed by atoms with Gasteiger partial charge < -0.3 is 4.90 Å². The third-order valence-electron chi connectivity index (χ3n) is 4.18. The molecule has 3 rings (SSSR count). The molecule has 1 saturated heterocycles. The topological polar surface area (TPSA) is 37.4 Å². The van der Waals surface area contributed by atoms with Gasteiger partial charge in [0.2, 0.25) is 5.91 Å². The van der Waals surface area contributed by atoms with Crippen LogP contribution in [0.2, 0.25) is 0 Å². The van der Waals surface area contributed by atoms with Crippen LogP contribution in [-0.2, 0) is 11.0 Å². The molecule has 134 valence electrons. The predicted molar refractivity (Wildman–Crippen MR) is 92.8 cm³/mol. The van der Waals surface area contributed by atoms with Gasteiger partial charge in [-0.05, 0) is 54.5 Å². The minimum Gasteiger partial charge on any atom is -0.312 e. The van der Waals surface area contributed by atoms with Crippen LogP contribution < -0.4 is 4.90 Å². The van der Waals surface area contributed by atoms with E-state index in [2.05, 4.69) is 0 Å². The average Bonchev–Trinajstić information content (AvgIpc) is 3.05. The first-order valence-corrected chi connectivity index (χ1v) is 8.15. The molecular weight excluding hydrogens is 343 g/mol. The van der Waals surface area contributed by atoms with E-state index in [0.717, 1.165) is 24.2 Å². The summed E-state index contributed by atoms with van der Waals surface area (Å²) >= 11 is 0. The number of anilines is 1. The Bertz CT molecular complexity index is 854. The zero-order valence-corrected chi connectivity index (χ0v) is 13.8. The first kappa shape index (κ1) is 17.9. The Hall–Kier alpha value is -2.89. The molecule has 2 aromatic rings. The summed E-state index contributed by atoms with van der Waals surface area (Å²) in [7, 11) is 0. The number of benzene rings is 2. The molecule has 0 aromatic heterocycles. The van der Waals surface area contributed by atoms with Crippen molar-refractivity contribution < 1.29 is 22.8 Å². The van der Waals surface area contributed by atoms with Gasteiger partial charge in [0, 0.05) is 24.2 Å². The van der Waals surface area contributed by atoms with E-state index >= 15 is 0 Å². The summed E-state index contributed by atoms with van der Waals surface area (Å²) in [6, 6.07) is 11.4. The fourth-order valence-corrected chi connectivity index (χ4v) is 2.81. The molecule has 1 amide bonds. The molecule has 26 heavy (non-hydrogen) atoms. The Balaban J connectivity index is 1.72. The Morgan fingerprint density at radius 3 is 2.42 bits per heavy atom. The molecule has 0 unspecified atom stereocenters. The van der Waals surface area contributed by atoms with Crippen LogP contribution in [0.15, 0.2) is 54.6 Å². The van der Waals surface area contributed by atoms with Gasteiger partial charge in [-0.25, -0.2) is 0 Å². The number of carbonyl (C=O) groups excluding carboxylic acids is 2. The highest BCUT2D eigenvalue weighted by Crippen LogP contribution is 2.29. The van der Waals surface area contributed by atoms with Gasteiger partial charge in [-0.3, -0.25) is 9.59 Å². The van der Waals surface area contributed by atoms with Gasteiger partial charge in [-0.15, -0.1) is 0 Å². The van der Waals surface area contributed by atoms with Gasteiger partial charge in [-0.2, -0.15) is 13.2 Å². The third-order valence-corrected chi connectivity index (χ3v) is 4.18. The second-order valence-corrected chi connectivity index (χ2v) is 6.02. The predicted octanol–water partition coefficient (Wildman–Crippen LogP) is 4.73. The number of rotatable bonds is 4. The van der Waals surface area contributed by atoms with Crippen molar-refractivity contribution in [3.05, 3.63) is 71.3 Å². The minimum absolute atomic E-state index is 0.0634. The van der Waals surface area contributed by atoms with Crippen molar-refractivity contribution in [3.63, 3.8) is 0 Å². The highest BCUT2D eigenvalue weighted by Gasteiger charge is 2.30. The molecule has 0 aliphatic carbocycles. The van der Waals surface area contributed by atoms with Gasteiger partial charge in [-0.1, -0.05) is 18.2 Å². The number of halogens is 3. The van der Waals surface area contributed by atoms with E-state index in [1.54, 1.807) is 29.2 Å². The molecule has 2 aromatic carbocycles. The molecule has 1 aliphatic heterocycles. The summed E-state index contributed by atoms with van der Waals surface area (Å²) in [5.41, 5.74) is 0.689. The summed E-state index contributed by atoms with van der Waals surface area (Å²) in [5.74, 6) is -0.254. The number of hydrogen-bond acceptors (Lipinski definition) is 2. The number of nitrogens with zero attached hydrogens (tertiary/aromatic N) is 1. The standard InChI is InChI=1S/C20H16F3NO2/c21-20(22,23)16-4-1-3-14(13-16)6-11-18(25)15-7-9-17(10-8-15)24-12-2-5-19(24)26/h1,3-4,6-11,13H,2,5,12H2/b11-6+. The van der Waals surface area contributed by atoms with Gasteiger partial charge in [0.15, 0.2) is 5.78 Å². The van der Waals surface area contributed by atoms with E-state index in [1.807, 2.05) is 0 Å². The van der Waals surface area contributed by atoms with Crippen molar-refractivity contribution in [2.24, 2.45) is 0 Å². The summed E-state index contributed by atoms with van der Waals surface area (Å²) in [4.78, 5) is 25.6. The molecule has 0 radical (unpaired) electrons. The number of ketones is 1. The zero-order chi connectivity index (χ0) is 18.7. The van der Waals surface area contributed by atoms with Crippen LogP contribution in [0.25, 0.3) is 6.08 Å². The van der Waals surface area contributed by atoms with Crippen molar-refractivity contribution in [1.82, 2.24) is 0 Å². The molecule has 0 saturated carbocycles. The van der Waals surface area contributed by atoms with Crippen LogP contribution in [0.3, 0.4) is 0 Å². The highest BCUT2D eigenvalue weighted by atomic mass is 19.4. The van der Waals surface area contributed by atoms with Gasteiger partial charge in [0.05, 0.1) is 5.56 Å². The third kappa shape index (κ3) is 4.02. The molecular formula is C20H16F3NO2. The largest absolute Gasteiger partial charge is 0.416 e.